The van der Waals surface area contributed by atoms with Gasteiger partial charge in [0.05, 0.1) is 14.9 Å². The molecule has 2 unspecified atom stereocenters. The summed E-state index contributed by atoms with van der Waals surface area (Å²) in [7, 11) is 0. The van der Waals surface area contributed by atoms with Crippen LogP contribution in [0.3, 0.4) is 0 Å². The van der Waals surface area contributed by atoms with Crippen LogP contribution in [0.2, 0.25) is 10.0 Å². The number of aromatic amines is 1. The average molecular weight is 673 g/mol. The van der Waals surface area contributed by atoms with Crippen molar-refractivity contribution in [2.75, 3.05) is 4.72 Å². The Kier molecular flexibility index (Phi) is 8.56. The minimum atomic E-state index is -1.98. The van der Waals surface area contributed by atoms with E-state index in [1.54, 1.807) is 48.5 Å². The van der Waals surface area contributed by atoms with Crippen LogP contribution in [0, 0.1) is 0 Å². The van der Waals surface area contributed by atoms with Gasteiger partial charge in [-0.15, -0.1) is 9.73 Å². The predicted octanol–water partition coefficient (Wildman–Crippen LogP) is 6.83. The van der Waals surface area contributed by atoms with Gasteiger partial charge in [0.1, 0.15) is 28.7 Å². The number of aromatic nitrogens is 4. The van der Waals surface area contributed by atoms with Gasteiger partial charge in [0.2, 0.25) is 28.4 Å². The van der Waals surface area contributed by atoms with Crippen LogP contribution in [0.4, 0.5) is 5.95 Å². The third kappa shape index (κ3) is 6.73. The normalized spacial score (nSPS) is 12.4. The summed E-state index contributed by atoms with van der Waals surface area (Å²) in [5, 5.41) is 17.0. The van der Waals surface area contributed by atoms with Crippen molar-refractivity contribution in [3.8, 4) is 40.4 Å². The van der Waals surface area contributed by atoms with Crippen LogP contribution >= 0.6 is 23.2 Å². The number of aromatic hydroxyl groups is 1. The van der Waals surface area contributed by atoms with E-state index in [9.17, 15) is 13.5 Å². The smallest absolute Gasteiger partial charge is 0.318 e. The minimum Gasteiger partial charge on any atom is -0.506 e. The van der Waals surface area contributed by atoms with Gasteiger partial charge in [0.15, 0.2) is 0 Å². The summed E-state index contributed by atoms with van der Waals surface area (Å²) in [6.45, 7) is 0. The number of ether oxygens (including phenoxy) is 2. The summed E-state index contributed by atoms with van der Waals surface area (Å²) >= 11 is 8.48. The summed E-state index contributed by atoms with van der Waals surface area (Å²) in [5.41, 5.74) is 0.173. The number of benzene rings is 4. The second-order valence-electron chi connectivity index (χ2n) is 8.72. The second-order valence-corrected chi connectivity index (χ2v) is 11.5. The standard InChI is InChI=1S/C28H19Cl2N5O7S2/c29-21-15-19(11-13-23(21)36)41-43(37)20-12-14-24(22(30)16-20)40-25-26-31-28(34-44(38)42-18-9-5-2-6-10-18)33-35(26)32-27(25)39-17-7-3-1-4-8-17/h1-16,36H,(H2,31,33,34). The van der Waals surface area contributed by atoms with Crippen molar-refractivity contribution in [1.82, 2.24) is 19.8 Å². The zero-order valence-corrected chi connectivity index (χ0v) is 25.2. The lowest BCUT2D eigenvalue weighted by atomic mass is 10.3. The number of hydrogen-bond acceptors (Lipinski definition) is 9. The van der Waals surface area contributed by atoms with E-state index in [0.717, 1.165) is 0 Å². The number of nitrogens with zero attached hydrogens (tertiary/aromatic N) is 3. The zero-order chi connectivity index (χ0) is 30.6. The predicted molar refractivity (Wildman–Crippen MR) is 164 cm³/mol. The van der Waals surface area contributed by atoms with E-state index in [4.69, 9.17) is 41.0 Å². The van der Waals surface area contributed by atoms with Crippen LogP contribution < -0.4 is 22.6 Å². The molecule has 0 radical (unpaired) electrons. The number of nitrogens with one attached hydrogen (secondary N) is 2. The first kappa shape index (κ1) is 29.3. The molecule has 4 aromatic carbocycles. The molecule has 6 rings (SSSR count). The van der Waals surface area contributed by atoms with Crippen molar-refractivity contribution < 1.29 is 31.4 Å². The first-order chi connectivity index (χ1) is 21.3. The molecule has 224 valence electrons. The molecule has 0 saturated heterocycles. The fourth-order valence-electron chi connectivity index (χ4n) is 3.70. The molecule has 0 aliphatic rings. The number of phenols is 1. The van der Waals surface area contributed by atoms with E-state index in [-0.39, 0.29) is 55.4 Å². The molecule has 0 saturated carbocycles. The van der Waals surface area contributed by atoms with Crippen molar-refractivity contribution >= 4 is 57.1 Å². The quantitative estimate of drug-likeness (QED) is 0.135. The van der Waals surface area contributed by atoms with Crippen LogP contribution in [0.15, 0.2) is 102 Å². The Labute approximate surface area is 264 Å². The van der Waals surface area contributed by atoms with Gasteiger partial charge in [-0.05, 0) is 54.6 Å². The highest BCUT2D eigenvalue weighted by Crippen LogP contribution is 2.40. The van der Waals surface area contributed by atoms with E-state index < -0.39 is 22.3 Å². The summed E-state index contributed by atoms with van der Waals surface area (Å²) in [6, 6.07) is 26.0. The van der Waals surface area contributed by atoms with E-state index in [1.165, 1.54) is 41.0 Å². The topological polar surface area (TPSA) is 149 Å². The molecule has 0 bridgehead atoms. The maximum Gasteiger partial charge on any atom is 0.318 e. The van der Waals surface area contributed by atoms with Gasteiger partial charge in [0, 0.05) is 6.07 Å². The van der Waals surface area contributed by atoms with Crippen LogP contribution in [-0.2, 0) is 22.3 Å². The molecule has 0 aliphatic heterocycles. The highest BCUT2D eigenvalue weighted by molar-refractivity contribution is 7.82. The second kappa shape index (κ2) is 12.9. The first-order valence-corrected chi connectivity index (χ1v) is 15.4. The molecule has 2 heterocycles. The van der Waals surface area contributed by atoms with Crippen LogP contribution in [0.5, 0.6) is 40.4 Å². The minimum absolute atomic E-state index is 0.0500. The highest BCUT2D eigenvalue weighted by Gasteiger charge is 2.23. The Morgan fingerprint density at radius 2 is 1.52 bits per heavy atom. The molecule has 0 spiro atoms. The molecule has 2 atom stereocenters. The number of anilines is 1. The van der Waals surface area contributed by atoms with Gasteiger partial charge in [0.25, 0.3) is 5.88 Å². The summed E-state index contributed by atoms with van der Waals surface area (Å²) in [4.78, 5) is 4.64. The third-order valence-corrected chi connectivity index (χ3v) is 7.95. The SMILES string of the molecule is O=S(Nc1nc2c(Oc3ccc(S(=O)Oc4ccc(O)c(Cl)c4)cc3Cl)c(Oc3ccccc3)nn2[nH]1)Oc1ccccc1. The molecule has 3 N–H and O–H groups in total. The Hall–Kier alpha value is -4.76. The van der Waals surface area contributed by atoms with E-state index in [2.05, 4.69) is 19.9 Å². The first-order valence-electron chi connectivity index (χ1n) is 12.5. The molecule has 12 nitrogen and oxygen atoms in total. The van der Waals surface area contributed by atoms with Gasteiger partial charge >= 0.3 is 11.3 Å². The molecule has 0 fully saturated rings. The average Bonchev–Trinajstić information content (AvgIpc) is 3.54. The number of rotatable bonds is 11. The van der Waals surface area contributed by atoms with Crippen molar-refractivity contribution in [2.45, 2.75) is 4.90 Å². The molecule has 16 heteroatoms. The van der Waals surface area contributed by atoms with Crippen molar-refractivity contribution in [1.29, 1.82) is 0 Å². The van der Waals surface area contributed by atoms with Gasteiger partial charge in [-0.3, -0.25) is 0 Å². The Bertz CT molecular complexity index is 1990. The van der Waals surface area contributed by atoms with Crippen molar-refractivity contribution in [3.05, 3.63) is 107 Å². The molecule has 0 aliphatic carbocycles. The number of halogens is 2. The lowest BCUT2D eigenvalue weighted by Gasteiger charge is -2.10. The molecule has 44 heavy (non-hydrogen) atoms. The van der Waals surface area contributed by atoms with Crippen molar-refractivity contribution in [2.24, 2.45) is 0 Å². The zero-order valence-electron chi connectivity index (χ0n) is 22.0. The Morgan fingerprint density at radius 1 is 0.795 bits per heavy atom. The third-order valence-electron chi connectivity index (χ3n) is 5.67. The summed E-state index contributed by atoms with van der Waals surface area (Å²) in [6.07, 6.45) is 0. The number of H-pyrrole nitrogens is 1. The fourth-order valence-corrected chi connectivity index (χ4v) is 5.50. The van der Waals surface area contributed by atoms with Crippen LogP contribution in [0.1, 0.15) is 0 Å². The van der Waals surface area contributed by atoms with Crippen molar-refractivity contribution in [3.63, 3.8) is 0 Å². The lowest BCUT2D eigenvalue weighted by molar-refractivity contribution is 0.410. The number of phenolic OH excluding ortho intramolecular Hbond substituents is 1. The van der Waals surface area contributed by atoms with Gasteiger partial charge in [-0.1, -0.05) is 59.6 Å². The maximum atomic E-state index is 12.8. The van der Waals surface area contributed by atoms with Gasteiger partial charge in [-0.25, -0.2) is 14.0 Å². The molecule has 6 aromatic rings. The van der Waals surface area contributed by atoms with Crippen LogP contribution in [0.25, 0.3) is 5.65 Å². The van der Waals surface area contributed by atoms with E-state index in [1.807, 2.05) is 12.1 Å². The van der Waals surface area contributed by atoms with Gasteiger partial charge < -0.3 is 22.9 Å². The van der Waals surface area contributed by atoms with Gasteiger partial charge in [-0.2, -0.15) is 9.19 Å². The number of hydrogen-bond donors (Lipinski definition) is 3. The highest BCUT2D eigenvalue weighted by atomic mass is 35.5. The summed E-state index contributed by atoms with van der Waals surface area (Å²) in [5.74, 6) is 1.31. The Balaban J connectivity index is 1.26. The lowest BCUT2D eigenvalue weighted by Crippen LogP contribution is -2.12. The maximum absolute atomic E-state index is 12.8. The molecule has 0 amide bonds. The number of para-hydroxylation sites is 2. The Morgan fingerprint density at radius 3 is 2.23 bits per heavy atom. The summed E-state index contributed by atoms with van der Waals surface area (Å²) < 4.78 is 52.1. The number of fused-ring (bicyclic) bond motifs is 1. The monoisotopic (exact) mass is 671 g/mol. The van der Waals surface area contributed by atoms with E-state index in [0.29, 0.717) is 11.5 Å². The molecular weight excluding hydrogens is 653 g/mol. The largest absolute Gasteiger partial charge is 0.506 e. The van der Waals surface area contributed by atoms with E-state index >= 15 is 0 Å². The molecule has 2 aromatic heterocycles. The fraction of sp³-hybridized carbons (Fsp3) is 0. The molecular formula is C28H19Cl2N5O7S2. The van der Waals surface area contributed by atoms with Crippen LogP contribution in [-0.4, -0.2) is 33.3 Å².